The van der Waals surface area contributed by atoms with Gasteiger partial charge in [0.1, 0.15) is 60.1 Å². The van der Waals surface area contributed by atoms with Gasteiger partial charge in [0.25, 0.3) is 5.97 Å². The molecule has 1 fully saturated rings. The molecule has 4 aromatic rings. The zero-order valence-corrected chi connectivity index (χ0v) is 54.5. The molecule has 0 bridgehead atoms. The van der Waals surface area contributed by atoms with E-state index < -0.39 is 204 Å². The Bertz CT molecular complexity index is 3670. The summed E-state index contributed by atoms with van der Waals surface area (Å²) >= 11 is 1.26. The summed E-state index contributed by atoms with van der Waals surface area (Å²) in [5.41, 5.74) is 12.6. The maximum absolute atomic E-state index is 14.5. The topological polar surface area (TPSA) is 589 Å². The van der Waals surface area contributed by atoms with Crippen molar-refractivity contribution in [1.82, 2.24) is 58.2 Å². The molecule has 0 aliphatic carbocycles. The maximum Gasteiger partial charge on any atom is 0.446 e. The van der Waals surface area contributed by atoms with Gasteiger partial charge in [0.2, 0.25) is 70.9 Å². The lowest BCUT2D eigenvalue weighted by Gasteiger charge is -2.27. The molecular weight excluding hydrogens is 1330 g/mol. The third-order valence-electron chi connectivity index (χ3n) is 14.3. The van der Waals surface area contributed by atoms with Gasteiger partial charge in [-0.3, -0.25) is 76.5 Å². The van der Waals surface area contributed by atoms with Gasteiger partial charge < -0.3 is 94.2 Å². The van der Waals surface area contributed by atoms with Crippen molar-refractivity contribution in [3.05, 3.63) is 102 Å². The molecule has 1 aliphatic rings. The van der Waals surface area contributed by atoms with Crippen LogP contribution < -0.4 is 68.8 Å². The molecule has 1 aromatic heterocycles. The van der Waals surface area contributed by atoms with Gasteiger partial charge >= 0.3 is 22.3 Å². The number of carboxylic acids is 3. The minimum absolute atomic E-state index is 0.0226. The smallest absolute Gasteiger partial charge is 0.446 e. The molecule has 38 heteroatoms. The number of primary amides is 2. The molecule has 1 unspecified atom stereocenters. The van der Waals surface area contributed by atoms with Crippen LogP contribution in [0.1, 0.15) is 75.5 Å². The van der Waals surface area contributed by atoms with E-state index in [1.165, 1.54) is 23.9 Å². The number of aliphatic hydroxyl groups is 1. The number of aromatic nitrogens is 1. The molecule has 0 saturated carbocycles. The number of hydrogen-bond acceptors (Lipinski definition) is 20. The number of aromatic amines is 1. The van der Waals surface area contributed by atoms with E-state index in [9.17, 15) is 90.9 Å². The molecule has 1 saturated heterocycles. The van der Waals surface area contributed by atoms with Crippen LogP contribution in [0.3, 0.4) is 0 Å². The lowest BCUT2D eigenvalue weighted by Crippen LogP contribution is -2.61. The van der Waals surface area contributed by atoms with Gasteiger partial charge in [0.15, 0.2) is 0 Å². The number of para-hydroxylation sites is 1. The Morgan fingerprint density at radius 2 is 1.11 bits per heavy atom. The number of nitrogens with two attached hydrogens (primary N) is 2. The highest BCUT2D eigenvalue weighted by Gasteiger charge is 2.37. The number of carbonyl (C=O) groups excluding carboxylic acids is 12. The minimum atomic E-state index is -5.02. The van der Waals surface area contributed by atoms with E-state index in [0.717, 1.165) is 26.0 Å². The van der Waals surface area contributed by atoms with Gasteiger partial charge in [-0.15, -0.1) is 0 Å². The highest BCUT2D eigenvalue weighted by molar-refractivity contribution is 7.98. The minimum Gasteiger partial charge on any atom is -0.481 e. The number of H-pyrrole nitrogens is 1. The number of amides is 12. The van der Waals surface area contributed by atoms with Crippen molar-refractivity contribution < 1.29 is 109 Å². The van der Waals surface area contributed by atoms with Crippen LogP contribution in [0.5, 0.6) is 5.75 Å². The van der Waals surface area contributed by atoms with Crippen LogP contribution >= 0.6 is 11.8 Å². The Hall–Kier alpha value is -10.7. The molecule has 5 rings (SSSR count). The second-order valence-corrected chi connectivity index (χ2v) is 24.1. The Balaban J connectivity index is 0.00000496. The van der Waals surface area contributed by atoms with Crippen molar-refractivity contribution in [3.8, 4) is 5.75 Å². The largest absolute Gasteiger partial charge is 0.481 e. The predicted octanol–water partition coefficient (Wildman–Crippen LogP) is -4.42. The van der Waals surface area contributed by atoms with E-state index in [1.807, 2.05) is 0 Å². The van der Waals surface area contributed by atoms with Gasteiger partial charge in [-0.1, -0.05) is 60.7 Å². The quantitative estimate of drug-likeness (QED) is 0.0188. The number of hydrogen-bond donors (Lipinski definition) is 18. The standard InChI is InChI=1S/C58H73N13O21S2.C2H4O2/c1-29(72)49(71-57(87)40(23-31-12-14-33(15-13-31)92-94(89,90)91)68-56(86)43(26-48(78)79)69-52(82)37(16-18-44(59)73)65-51(81)36-17-19-45(74)63-36)58(88)62-28-46(75)64-41(24-32-27-61-35-11-7-6-10-34(32)35)54(84)66-38(20-21-93-2)53(83)70-42(25-47(76)77)55(85)67-39(50(60)80)22-30-8-4-3-5-9-30;1-2(3)4/h3-15,27,29,36-43,49,61,72H,16-26,28H2,1-2H3,(H2,59,73)(H2,60,80)(H,62,88)(H,63,74)(H,64,75)(H,65,81)(H,66,84)(H,67,85)(H,68,86)(H,69,82)(H,70,83)(H,71,87)(H,76,77)(H,78,79)(H,89,90,91);1H3,(H,3,4)/t29-,36+,37+,38+,39+,40+,41+,42+,43+,49?;/m1./s1. The number of rotatable bonds is 38. The van der Waals surface area contributed by atoms with Crippen LogP contribution in [0.2, 0.25) is 0 Å². The number of carboxylic acid groups (broad SMARTS) is 3. The number of aliphatic carboxylic acids is 3. The second kappa shape index (κ2) is 38.7. The summed E-state index contributed by atoms with van der Waals surface area (Å²) in [5, 5.41) is 62.0. The summed E-state index contributed by atoms with van der Waals surface area (Å²) in [7, 11) is -5.02. The summed E-state index contributed by atoms with van der Waals surface area (Å²) in [4.78, 5) is 197. The third-order valence-corrected chi connectivity index (χ3v) is 15.3. The van der Waals surface area contributed by atoms with E-state index in [2.05, 4.69) is 62.3 Å². The van der Waals surface area contributed by atoms with Crippen LogP contribution in [0.4, 0.5) is 0 Å². The number of fused-ring (bicyclic) bond motifs is 1. The summed E-state index contributed by atoms with van der Waals surface area (Å²) in [6, 6.07) is 4.78. The summed E-state index contributed by atoms with van der Waals surface area (Å²) < 4.78 is 36.4. The number of nitrogens with one attached hydrogen (secondary N) is 11. The zero-order chi connectivity index (χ0) is 73.0. The average molecular weight is 1410 g/mol. The average Bonchev–Trinajstić information content (AvgIpc) is 1.41. The first-order valence-corrected chi connectivity index (χ1v) is 32.6. The van der Waals surface area contributed by atoms with Crippen molar-refractivity contribution >= 4 is 122 Å². The molecule has 1 aliphatic heterocycles. The van der Waals surface area contributed by atoms with E-state index in [1.54, 1.807) is 67.0 Å². The predicted molar refractivity (Wildman–Crippen MR) is 344 cm³/mol. The first kappa shape index (κ1) is 79.7. The van der Waals surface area contributed by atoms with E-state index in [-0.39, 0.29) is 43.4 Å². The lowest BCUT2D eigenvalue weighted by atomic mass is 10.0. The highest BCUT2D eigenvalue weighted by Crippen LogP contribution is 2.21. The molecule has 532 valence electrons. The molecule has 10 atom stereocenters. The van der Waals surface area contributed by atoms with Crippen LogP contribution in [-0.2, 0) is 102 Å². The first-order chi connectivity index (χ1) is 46.1. The Morgan fingerprint density at radius 3 is 1.64 bits per heavy atom. The highest BCUT2D eigenvalue weighted by atomic mass is 32.3. The van der Waals surface area contributed by atoms with E-state index >= 15 is 0 Å². The number of thioether (sulfide) groups is 1. The van der Waals surface area contributed by atoms with Gasteiger partial charge in [-0.2, -0.15) is 20.2 Å². The first-order valence-electron chi connectivity index (χ1n) is 29.8. The molecule has 0 radical (unpaired) electrons. The van der Waals surface area contributed by atoms with Gasteiger partial charge in [-0.05, 0) is 73.1 Å². The number of aliphatic hydroxyl groups excluding tert-OH is 1. The van der Waals surface area contributed by atoms with Crippen LogP contribution in [0, 0.1) is 0 Å². The fourth-order valence-corrected chi connectivity index (χ4v) is 10.3. The van der Waals surface area contributed by atoms with Crippen molar-refractivity contribution in [1.29, 1.82) is 0 Å². The molecule has 36 nitrogen and oxygen atoms in total. The third kappa shape index (κ3) is 27.9. The van der Waals surface area contributed by atoms with Crippen molar-refractivity contribution in [2.75, 3.05) is 18.6 Å². The fraction of sp³-hybridized carbons (Fsp3) is 0.417. The fourth-order valence-electron chi connectivity index (χ4n) is 9.50. The SMILES string of the molecule is CC(=O)O.CSCC[C@H](NC(=O)[C@H](Cc1c[nH]c2ccccc12)NC(=O)CNC(=O)C(NC(=O)[C@H](Cc1ccc(OS(=O)(=O)O)cc1)NC(=O)[C@H](CC(=O)O)NC(=O)[C@H](CCC(N)=O)NC(=O)[C@@H]1CCC(=O)N1)[C@@H](C)O)C(=O)N[C@@H](CC(=O)O)C(=O)N[C@@H](Cc1ccccc1)C(N)=O. The van der Waals surface area contributed by atoms with Crippen LogP contribution in [0.25, 0.3) is 10.9 Å². The van der Waals surface area contributed by atoms with Crippen LogP contribution in [0.15, 0.2) is 85.1 Å². The molecule has 0 spiro atoms. The normalized spacial score (nSPS) is 15.2. The van der Waals surface area contributed by atoms with Crippen molar-refractivity contribution in [2.45, 2.75) is 139 Å². The van der Waals surface area contributed by atoms with Crippen LogP contribution in [-0.4, -0.2) is 206 Å². The van der Waals surface area contributed by atoms with Gasteiger partial charge in [-0.25, -0.2) is 0 Å². The zero-order valence-electron chi connectivity index (χ0n) is 52.9. The van der Waals surface area contributed by atoms with Gasteiger partial charge in [0.05, 0.1) is 25.5 Å². The Morgan fingerprint density at radius 1 is 0.622 bits per heavy atom. The second-order valence-electron chi connectivity index (χ2n) is 22.1. The number of carbonyl (C=O) groups is 15. The lowest BCUT2D eigenvalue weighted by molar-refractivity contribution is -0.142. The van der Waals surface area contributed by atoms with Crippen molar-refractivity contribution in [2.24, 2.45) is 11.5 Å². The Labute approximate surface area is 563 Å². The molecule has 3 aromatic carbocycles. The molecule has 98 heavy (non-hydrogen) atoms. The Kier molecular flexibility index (Phi) is 31.5. The summed E-state index contributed by atoms with van der Waals surface area (Å²) in [5.74, 6) is -16.7. The summed E-state index contributed by atoms with van der Waals surface area (Å²) in [6.07, 6.45) is -2.72. The van der Waals surface area contributed by atoms with E-state index in [0.29, 0.717) is 22.0 Å². The molecule has 20 N–H and O–H groups in total. The van der Waals surface area contributed by atoms with E-state index in [4.69, 9.17) is 25.9 Å². The number of benzene rings is 3. The molecule has 12 amide bonds. The van der Waals surface area contributed by atoms with Crippen molar-refractivity contribution in [3.63, 3.8) is 0 Å². The summed E-state index contributed by atoms with van der Waals surface area (Å²) in [6.45, 7) is 1.16. The van der Waals surface area contributed by atoms with Gasteiger partial charge in [0, 0.05) is 56.1 Å². The monoisotopic (exact) mass is 1410 g/mol. The maximum atomic E-state index is 14.5. The molecular formula is C60H77N13O23S2. The molecule has 2 heterocycles.